The van der Waals surface area contributed by atoms with E-state index in [0.29, 0.717) is 22.4 Å². The van der Waals surface area contributed by atoms with Crippen molar-refractivity contribution in [2.45, 2.75) is 6.04 Å². The summed E-state index contributed by atoms with van der Waals surface area (Å²) in [5.74, 6) is 1.13. The largest absolute Gasteiger partial charge is 0.332 e. The van der Waals surface area contributed by atoms with Crippen LogP contribution < -0.4 is 5.32 Å². The van der Waals surface area contributed by atoms with Crippen LogP contribution in [0.5, 0.6) is 0 Å². The second kappa shape index (κ2) is 6.60. The van der Waals surface area contributed by atoms with Crippen molar-refractivity contribution < 1.29 is 4.52 Å². The average Bonchev–Trinajstić information content (AvgIpc) is 3.25. The normalized spacial score (nSPS) is 18.8. The van der Waals surface area contributed by atoms with Gasteiger partial charge in [-0.15, -0.1) is 11.3 Å². The second-order valence-electron chi connectivity index (χ2n) is 5.68. The molecule has 1 aromatic carbocycles. The number of likely N-dealkylation sites (N-methyl/N-ethyl adjacent to an activating group) is 1. The van der Waals surface area contributed by atoms with E-state index in [1.165, 1.54) is 11.3 Å². The van der Waals surface area contributed by atoms with Crippen molar-refractivity contribution in [2.75, 3.05) is 26.7 Å². The molecule has 3 aromatic rings. The smallest absolute Gasteiger partial charge is 0.277 e. The molecule has 0 amide bonds. The highest BCUT2D eigenvalue weighted by atomic mass is 35.5. The molecule has 124 valence electrons. The van der Waals surface area contributed by atoms with Crippen LogP contribution in [0.15, 0.2) is 34.2 Å². The number of hydrogen-bond donors (Lipinski definition) is 1. The lowest BCUT2D eigenvalue weighted by molar-refractivity contribution is 0.190. The van der Waals surface area contributed by atoms with Crippen molar-refractivity contribution >= 4 is 22.9 Å². The molecular weight excluding hydrogens is 346 g/mol. The van der Waals surface area contributed by atoms with Crippen LogP contribution >= 0.6 is 22.9 Å². The fraction of sp³-hybridized carbons (Fsp3) is 0.312. The minimum atomic E-state index is 0.123. The molecule has 0 bridgehead atoms. The fourth-order valence-electron chi connectivity index (χ4n) is 2.70. The lowest BCUT2D eigenvalue weighted by Gasteiger charge is -2.30. The van der Waals surface area contributed by atoms with Crippen LogP contribution in [0.2, 0.25) is 5.02 Å². The summed E-state index contributed by atoms with van der Waals surface area (Å²) in [7, 11) is 2.07. The number of aromatic nitrogens is 3. The summed E-state index contributed by atoms with van der Waals surface area (Å²) < 4.78 is 5.43. The van der Waals surface area contributed by atoms with Gasteiger partial charge in [-0.25, -0.2) is 4.98 Å². The van der Waals surface area contributed by atoms with Crippen LogP contribution in [0, 0.1) is 0 Å². The van der Waals surface area contributed by atoms with Crippen molar-refractivity contribution in [1.82, 2.24) is 25.3 Å². The zero-order valence-electron chi connectivity index (χ0n) is 13.1. The molecule has 0 spiro atoms. The van der Waals surface area contributed by atoms with E-state index in [-0.39, 0.29) is 6.04 Å². The van der Waals surface area contributed by atoms with Crippen LogP contribution in [-0.2, 0) is 0 Å². The Labute approximate surface area is 148 Å². The number of piperazine rings is 1. The summed E-state index contributed by atoms with van der Waals surface area (Å²) in [6.07, 6.45) is 0. The molecule has 0 aliphatic carbocycles. The molecule has 2 aromatic heterocycles. The van der Waals surface area contributed by atoms with Crippen LogP contribution in [-0.4, -0.2) is 46.7 Å². The van der Waals surface area contributed by atoms with Gasteiger partial charge in [0.05, 0.1) is 11.1 Å². The first-order valence-electron chi connectivity index (χ1n) is 7.68. The number of thiazole rings is 1. The third-order valence-corrected chi connectivity index (χ3v) is 5.28. The maximum atomic E-state index is 6.24. The van der Waals surface area contributed by atoms with Crippen molar-refractivity contribution in [2.24, 2.45) is 0 Å². The number of nitrogens with one attached hydrogen (secondary N) is 1. The first kappa shape index (κ1) is 15.7. The van der Waals surface area contributed by atoms with Crippen LogP contribution in [0.3, 0.4) is 0 Å². The van der Waals surface area contributed by atoms with E-state index in [9.17, 15) is 0 Å². The molecular formula is C16H16ClN5OS. The summed E-state index contributed by atoms with van der Waals surface area (Å²) in [5.41, 5.74) is 1.59. The Hall–Kier alpha value is -1.80. The Morgan fingerprint density at radius 3 is 3.04 bits per heavy atom. The van der Waals surface area contributed by atoms with Crippen molar-refractivity contribution in [3.05, 3.63) is 40.5 Å². The van der Waals surface area contributed by atoms with E-state index in [2.05, 4.69) is 32.4 Å². The Morgan fingerprint density at radius 1 is 1.33 bits per heavy atom. The summed E-state index contributed by atoms with van der Waals surface area (Å²) in [4.78, 5) is 11.4. The summed E-state index contributed by atoms with van der Waals surface area (Å²) in [6, 6.07) is 7.78. The quantitative estimate of drug-likeness (QED) is 0.773. The van der Waals surface area contributed by atoms with Gasteiger partial charge < -0.3 is 9.84 Å². The van der Waals surface area contributed by atoms with E-state index in [4.69, 9.17) is 16.1 Å². The van der Waals surface area contributed by atoms with E-state index >= 15 is 0 Å². The average molecular weight is 362 g/mol. The Morgan fingerprint density at radius 2 is 2.21 bits per heavy atom. The maximum Gasteiger partial charge on any atom is 0.277 e. The molecule has 1 aliphatic rings. The molecule has 3 heterocycles. The van der Waals surface area contributed by atoms with Gasteiger partial charge in [0.15, 0.2) is 5.82 Å². The third-order valence-electron chi connectivity index (χ3n) is 4.08. The zero-order chi connectivity index (χ0) is 16.5. The van der Waals surface area contributed by atoms with Crippen LogP contribution in [0.25, 0.3) is 22.2 Å². The van der Waals surface area contributed by atoms with Gasteiger partial charge in [0.25, 0.3) is 5.89 Å². The number of nitrogens with zero attached hydrogens (tertiary/aromatic N) is 4. The Bertz CT molecular complexity index is 848. The van der Waals surface area contributed by atoms with Crippen LogP contribution in [0.1, 0.15) is 11.9 Å². The zero-order valence-corrected chi connectivity index (χ0v) is 14.6. The molecule has 8 heteroatoms. The van der Waals surface area contributed by atoms with Crippen molar-refractivity contribution in [1.29, 1.82) is 0 Å². The predicted octanol–water partition coefficient (Wildman–Crippen LogP) is 3.09. The van der Waals surface area contributed by atoms with Gasteiger partial charge in [-0.05, 0) is 13.1 Å². The molecule has 1 saturated heterocycles. The van der Waals surface area contributed by atoms with Crippen molar-refractivity contribution in [3.63, 3.8) is 0 Å². The highest BCUT2D eigenvalue weighted by Crippen LogP contribution is 2.33. The molecule has 1 N–H and O–H groups in total. The van der Waals surface area contributed by atoms with E-state index in [0.717, 1.165) is 30.2 Å². The number of rotatable bonds is 3. The van der Waals surface area contributed by atoms with Gasteiger partial charge in [0.2, 0.25) is 0 Å². The number of halogens is 1. The highest BCUT2D eigenvalue weighted by molar-refractivity contribution is 7.13. The molecule has 6 nitrogen and oxygen atoms in total. The summed E-state index contributed by atoms with van der Waals surface area (Å²) in [6.45, 7) is 2.75. The van der Waals surface area contributed by atoms with Gasteiger partial charge in [-0.1, -0.05) is 35.0 Å². The molecule has 24 heavy (non-hydrogen) atoms. The van der Waals surface area contributed by atoms with Gasteiger partial charge >= 0.3 is 0 Å². The van der Waals surface area contributed by atoms with Crippen molar-refractivity contribution in [3.8, 4) is 22.2 Å². The molecule has 1 fully saturated rings. The monoisotopic (exact) mass is 361 g/mol. The molecule has 1 unspecified atom stereocenters. The first-order valence-corrected chi connectivity index (χ1v) is 8.93. The predicted molar refractivity (Wildman–Crippen MR) is 94.1 cm³/mol. The molecule has 0 saturated carbocycles. The highest BCUT2D eigenvalue weighted by Gasteiger charge is 2.26. The minimum Gasteiger partial charge on any atom is -0.332 e. The maximum absolute atomic E-state index is 6.24. The molecule has 4 rings (SSSR count). The van der Waals surface area contributed by atoms with Gasteiger partial charge in [-0.2, -0.15) is 4.98 Å². The number of benzene rings is 1. The summed E-state index contributed by atoms with van der Waals surface area (Å²) in [5, 5.41) is 10.9. The Kier molecular flexibility index (Phi) is 4.32. The number of hydrogen-bond acceptors (Lipinski definition) is 7. The van der Waals surface area contributed by atoms with Crippen LogP contribution in [0.4, 0.5) is 0 Å². The lowest BCUT2D eigenvalue weighted by atomic mass is 10.2. The van der Waals surface area contributed by atoms with E-state index in [1.807, 2.05) is 29.6 Å². The first-order chi connectivity index (χ1) is 11.7. The second-order valence-corrected chi connectivity index (χ2v) is 6.94. The van der Waals surface area contributed by atoms with Gasteiger partial charge in [0.1, 0.15) is 10.7 Å². The van der Waals surface area contributed by atoms with Gasteiger partial charge in [-0.3, -0.25) is 4.90 Å². The lowest BCUT2D eigenvalue weighted by Crippen LogP contribution is -2.44. The molecule has 1 atom stereocenters. The summed E-state index contributed by atoms with van der Waals surface area (Å²) >= 11 is 7.75. The molecule has 0 radical (unpaired) electrons. The van der Waals surface area contributed by atoms with E-state index in [1.54, 1.807) is 0 Å². The third kappa shape index (κ3) is 2.95. The van der Waals surface area contributed by atoms with Gasteiger partial charge in [0, 0.05) is 30.6 Å². The van der Waals surface area contributed by atoms with E-state index < -0.39 is 0 Å². The Balaban J connectivity index is 1.60. The SMILES string of the molecule is CN1CCNCC1c1noc(-c2csc(-c3ccccc3Cl)n2)n1. The standard InChI is InChI=1S/C16H16ClN5OS/c1-22-7-6-18-8-13(22)14-20-15(23-21-14)12-9-24-16(19-12)10-4-2-3-5-11(10)17/h2-5,9,13,18H,6-8H2,1H3. The topological polar surface area (TPSA) is 67.1 Å². The minimum absolute atomic E-state index is 0.123. The fourth-order valence-corrected chi connectivity index (χ4v) is 3.81. The molecule has 1 aliphatic heterocycles.